The van der Waals surface area contributed by atoms with Crippen molar-refractivity contribution in [1.82, 2.24) is 19.6 Å². The molecule has 1 spiro atoms. The molecule has 0 aromatic carbocycles. The van der Waals surface area contributed by atoms with Crippen LogP contribution in [-0.4, -0.2) is 65.0 Å². The number of hydrogen-bond donors (Lipinski definition) is 0. The van der Waals surface area contributed by atoms with Gasteiger partial charge in [-0.1, -0.05) is 0 Å². The summed E-state index contributed by atoms with van der Waals surface area (Å²) >= 11 is 0. The van der Waals surface area contributed by atoms with Gasteiger partial charge in [0.25, 0.3) is 0 Å². The lowest BCUT2D eigenvalue weighted by atomic mass is 9.64. The number of likely N-dealkylation sites (tertiary alicyclic amines) is 2. The third-order valence-electron chi connectivity index (χ3n) is 6.33. The summed E-state index contributed by atoms with van der Waals surface area (Å²) in [6.07, 6.45) is 9.97. The summed E-state index contributed by atoms with van der Waals surface area (Å²) in [6, 6.07) is 1.27. The molecular formula is C18H28N4O2. The first kappa shape index (κ1) is 15.9. The van der Waals surface area contributed by atoms with E-state index in [2.05, 4.69) is 27.8 Å². The van der Waals surface area contributed by atoms with Crippen LogP contribution in [0.3, 0.4) is 0 Å². The number of methoxy groups -OCH3 is 1. The van der Waals surface area contributed by atoms with Crippen LogP contribution in [0, 0.1) is 12.3 Å². The van der Waals surface area contributed by atoms with Crippen molar-refractivity contribution in [2.45, 2.75) is 51.1 Å². The average Bonchev–Trinajstić information content (AvgIpc) is 3.20. The largest absolute Gasteiger partial charge is 0.453 e. The Labute approximate surface area is 143 Å². The molecule has 1 saturated carbocycles. The fraction of sp³-hybridized carbons (Fsp3) is 0.778. The molecule has 1 aromatic rings. The highest BCUT2D eigenvalue weighted by atomic mass is 16.5. The molecule has 0 N–H and O–H groups in total. The molecule has 1 aromatic heterocycles. The van der Waals surface area contributed by atoms with E-state index in [-0.39, 0.29) is 6.09 Å². The zero-order valence-electron chi connectivity index (χ0n) is 14.8. The van der Waals surface area contributed by atoms with Gasteiger partial charge in [0.2, 0.25) is 0 Å². The van der Waals surface area contributed by atoms with Gasteiger partial charge in [0.15, 0.2) is 0 Å². The molecule has 3 aliphatic rings. The maximum absolute atomic E-state index is 11.7. The minimum Gasteiger partial charge on any atom is -0.453 e. The number of ether oxygens (including phenoxy) is 1. The fourth-order valence-corrected chi connectivity index (χ4v) is 4.90. The van der Waals surface area contributed by atoms with E-state index in [9.17, 15) is 4.79 Å². The van der Waals surface area contributed by atoms with Crippen LogP contribution >= 0.6 is 0 Å². The van der Waals surface area contributed by atoms with Crippen molar-refractivity contribution in [2.75, 3.05) is 33.3 Å². The Kier molecular flexibility index (Phi) is 4.03. The predicted octanol–water partition coefficient (Wildman–Crippen LogP) is 2.45. The molecule has 24 heavy (non-hydrogen) atoms. The molecule has 3 fully saturated rings. The van der Waals surface area contributed by atoms with Crippen molar-refractivity contribution in [3.63, 3.8) is 0 Å². The van der Waals surface area contributed by atoms with Crippen LogP contribution < -0.4 is 0 Å². The summed E-state index contributed by atoms with van der Waals surface area (Å²) in [7, 11) is 1.47. The topological polar surface area (TPSA) is 50.6 Å². The second-order valence-corrected chi connectivity index (χ2v) is 7.97. The summed E-state index contributed by atoms with van der Waals surface area (Å²) in [6.45, 7) is 6.20. The van der Waals surface area contributed by atoms with E-state index in [1.165, 1.54) is 51.4 Å². The van der Waals surface area contributed by atoms with Gasteiger partial charge in [-0.3, -0.25) is 4.68 Å². The number of aromatic nitrogens is 2. The van der Waals surface area contributed by atoms with E-state index in [0.717, 1.165) is 19.5 Å². The Bertz CT molecular complexity index is 600. The van der Waals surface area contributed by atoms with Gasteiger partial charge < -0.3 is 14.5 Å². The zero-order valence-corrected chi connectivity index (χ0v) is 14.8. The van der Waals surface area contributed by atoms with Crippen molar-refractivity contribution in [1.29, 1.82) is 0 Å². The minimum absolute atomic E-state index is 0.161. The van der Waals surface area contributed by atoms with Gasteiger partial charge in [-0.25, -0.2) is 4.79 Å². The summed E-state index contributed by atoms with van der Waals surface area (Å²) < 4.78 is 7.02. The number of amides is 1. The first-order chi connectivity index (χ1) is 11.6. The molecule has 3 heterocycles. The molecule has 1 amide bonds. The highest BCUT2D eigenvalue weighted by Crippen LogP contribution is 2.50. The number of aryl methyl sites for hydroxylation is 1. The number of carbonyl (C=O) groups is 1. The monoisotopic (exact) mass is 332 g/mol. The van der Waals surface area contributed by atoms with Crippen molar-refractivity contribution < 1.29 is 9.53 Å². The van der Waals surface area contributed by atoms with Gasteiger partial charge in [0.05, 0.1) is 19.3 Å². The van der Waals surface area contributed by atoms with Crippen molar-refractivity contribution in [2.24, 2.45) is 5.41 Å². The van der Waals surface area contributed by atoms with Crippen LogP contribution in [0.2, 0.25) is 0 Å². The number of rotatable bonds is 2. The van der Waals surface area contributed by atoms with Crippen LogP contribution in [-0.2, 0) is 4.74 Å². The summed E-state index contributed by atoms with van der Waals surface area (Å²) in [5, 5.41) is 4.48. The van der Waals surface area contributed by atoms with Crippen LogP contribution in [0.15, 0.2) is 12.4 Å². The smallest absolute Gasteiger partial charge is 0.409 e. The third-order valence-corrected chi connectivity index (χ3v) is 6.33. The lowest BCUT2D eigenvalue weighted by Crippen LogP contribution is -2.54. The Morgan fingerprint density at radius 2 is 2.00 bits per heavy atom. The minimum atomic E-state index is -0.161. The number of hydrogen-bond acceptors (Lipinski definition) is 4. The highest BCUT2D eigenvalue weighted by Gasteiger charge is 2.51. The summed E-state index contributed by atoms with van der Waals surface area (Å²) in [5.74, 6) is 0. The van der Waals surface area contributed by atoms with E-state index in [0.29, 0.717) is 17.5 Å². The molecule has 132 valence electrons. The lowest BCUT2D eigenvalue weighted by molar-refractivity contribution is -0.00861. The first-order valence-corrected chi connectivity index (χ1v) is 9.16. The number of piperidine rings is 1. The number of carbonyl (C=O) groups excluding carboxylic acids is 1. The summed E-state index contributed by atoms with van der Waals surface area (Å²) in [4.78, 5) is 16.2. The van der Waals surface area contributed by atoms with Crippen LogP contribution in [0.5, 0.6) is 0 Å². The Morgan fingerprint density at radius 3 is 2.62 bits per heavy atom. The van der Waals surface area contributed by atoms with Crippen molar-refractivity contribution >= 4 is 6.09 Å². The van der Waals surface area contributed by atoms with Crippen molar-refractivity contribution in [3.8, 4) is 0 Å². The van der Waals surface area contributed by atoms with E-state index < -0.39 is 0 Å². The molecule has 0 radical (unpaired) electrons. The van der Waals surface area contributed by atoms with E-state index in [4.69, 9.17) is 4.74 Å². The molecule has 2 aliphatic heterocycles. The molecule has 0 bridgehead atoms. The second-order valence-electron chi connectivity index (χ2n) is 7.97. The Morgan fingerprint density at radius 1 is 1.25 bits per heavy atom. The van der Waals surface area contributed by atoms with Crippen LogP contribution in [0.4, 0.5) is 4.79 Å². The SMILES string of the molecule is COC(=O)N1CCC2(CC(N3CCC(n4cc(C)cn4)CC3)C2)C1. The predicted molar refractivity (Wildman–Crippen MR) is 90.9 cm³/mol. The molecule has 2 saturated heterocycles. The van der Waals surface area contributed by atoms with E-state index in [1.807, 2.05) is 11.1 Å². The normalized spacial score (nSPS) is 31.4. The van der Waals surface area contributed by atoms with Gasteiger partial charge in [-0.15, -0.1) is 0 Å². The fourth-order valence-electron chi connectivity index (χ4n) is 4.90. The maximum Gasteiger partial charge on any atom is 0.409 e. The molecular weight excluding hydrogens is 304 g/mol. The maximum atomic E-state index is 11.7. The van der Waals surface area contributed by atoms with Gasteiger partial charge in [-0.05, 0) is 50.0 Å². The zero-order chi connectivity index (χ0) is 16.7. The quantitative estimate of drug-likeness (QED) is 0.835. The first-order valence-electron chi connectivity index (χ1n) is 9.16. The van der Waals surface area contributed by atoms with Crippen LogP contribution in [0.1, 0.15) is 43.7 Å². The Balaban J connectivity index is 1.26. The summed E-state index contributed by atoms with van der Waals surface area (Å²) in [5.41, 5.74) is 1.61. The van der Waals surface area contributed by atoms with Gasteiger partial charge in [0, 0.05) is 38.4 Å². The lowest BCUT2D eigenvalue weighted by Gasteiger charge is -2.51. The molecule has 6 nitrogen and oxygen atoms in total. The molecule has 4 rings (SSSR count). The van der Waals surface area contributed by atoms with Gasteiger partial charge in [-0.2, -0.15) is 5.10 Å². The molecule has 6 heteroatoms. The third kappa shape index (κ3) is 2.81. The number of nitrogens with zero attached hydrogens (tertiary/aromatic N) is 4. The molecule has 1 aliphatic carbocycles. The van der Waals surface area contributed by atoms with Gasteiger partial charge >= 0.3 is 6.09 Å². The standard InChI is InChI=1S/C18H28N4O2/c1-14-11-19-22(12-14)15-3-6-20(7-4-15)16-9-18(10-16)5-8-21(13-18)17(23)24-2/h11-12,15-16H,3-10,13H2,1-2H3. The Hall–Kier alpha value is -1.56. The highest BCUT2D eigenvalue weighted by molar-refractivity contribution is 5.67. The van der Waals surface area contributed by atoms with Gasteiger partial charge in [0.1, 0.15) is 0 Å². The van der Waals surface area contributed by atoms with Crippen LogP contribution in [0.25, 0.3) is 0 Å². The van der Waals surface area contributed by atoms with E-state index >= 15 is 0 Å². The van der Waals surface area contributed by atoms with E-state index in [1.54, 1.807) is 0 Å². The molecule has 0 atom stereocenters. The van der Waals surface area contributed by atoms with Crippen molar-refractivity contribution in [3.05, 3.63) is 18.0 Å². The second kappa shape index (κ2) is 6.06. The molecule has 0 unspecified atom stereocenters. The average molecular weight is 332 g/mol.